The summed E-state index contributed by atoms with van der Waals surface area (Å²) in [5.74, 6) is 0.849. The SMILES string of the molecule is CC1CCSC(Nc2ccc(Cl)cc2C(F)(F)F)=N1. The van der Waals surface area contributed by atoms with Crippen LogP contribution in [0.4, 0.5) is 18.9 Å². The zero-order chi connectivity index (χ0) is 14.0. The van der Waals surface area contributed by atoms with E-state index in [1.165, 1.54) is 23.9 Å². The summed E-state index contributed by atoms with van der Waals surface area (Å²) in [7, 11) is 0. The van der Waals surface area contributed by atoms with Crippen molar-refractivity contribution >= 4 is 34.2 Å². The van der Waals surface area contributed by atoms with E-state index in [-0.39, 0.29) is 16.8 Å². The van der Waals surface area contributed by atoms with Crippen molar-refractivity contribution in [1.82, 2.24) is 0 Å². The molecule has 0 spiro atoms. The summed E-state index contributed by atoms with van der Waals surface area (Å²) in [4.78, 5) is 4.29. The van der Waals surface area contributed by atoms with E-state index in [9.17, 15) is 13.2 Å². The minimum atomic E-state index is -4.45. The van der Waals surface area contributed by atoms with Crippen LogP contribution in [-0.4, -0.2) is 17.0 Å². The third-order valence-electron chi connectivity index (χ3n) is 2.64. The predicted molar refractivity (Wildman–Crippen MR) is 74.0 cm³/mol. The molecule has 1 unspecified atom stereocenters. The van der Waals surface area contributed by atoms with E-state index in [1.807, 2.05) is 6.92 Å². The number of hydrogen-bond donors (Lipinski definition) is 1. The van der Waals surface area contributed by atoms with Crippen LogP contribution in [0.5, 0.6) is 0 Å². The molecule has 0 amide bonds. The van der Waals surface area contributed by atoms with Crippen molar-refractivity contribution in [3.05, 3.63) is 28.8 Å². The van der Waals surface area contributed by atoms with Crippen LogP contribution >= 0.6 is 23.4 Å². The fourth-order valence-corrected chi connectivity index (χ4v) is 2.93. The number of thioether (sulfide) groups is 1. The fraction of sp³-hybridized carbons (Fsp3) is 0.417. The summed E-state index contributed by atoms with van der Waals surface area (Å²) in [6, 6.07) is 3.80. The van der Waals surface area contributed by atoms with Crippen LogP contribution in [-0.2, 0) is 6.18 Å². The third-order valence-corrected chi connectivity index (χ3v) is 3.80. The van der Waals surface area contributed by atoms with Crippen LogP contribution < -0.4 is 5.32 Å². The lowest BCUT2D eigenvalue weighted by Gasteiger charge is -2.20. The van der Waals surface area contributed by atoms with E-state index >= 15 is 0 Å². The summed E-state index contributed by atoms with van der Waals surface area (Å²) in [5, 5.41) is 3.33. The first-order chi connectivity index (χ1) is 8.86. The van der Waals surface area contributed by atoms with Crippen molar-refractivity contribution in [2.45, 2.75) is 25.6 Å². The van der Waals surface area contributed by atoms with E-state index in [4.69, 9.17) is 11.6 Å². The number of benzene rings is 1. The molecule has 1 aromatic rings. The maximum Gasteiger partial charge on any atom is 0.418 e. The summed E-state index contributed by atoms with van der Waals surface area (Å²) in [5.41, 5.74) is -0.793. The van der Waals surface area contributed by atoms with Crippen LogP contribution in [0.3, 0.4) is 0 Å². The standard InChI is InChI=1S/C12H12ClF3N2S/c1-7-4-5-19-11(17-7)18-10-3-2-8(13)6-9(10)12(14,15)16/h2-3,6-7H,4-5H2,1H3,(H,17,18). The minimum Gasteiger partial charge on any atom is -0.334 e. The van der Waals surface area contributed by atoms with Crippen molar-refractivity contribution in [2.75, 3.05) is 11.1 Å². The Morgan fingerprint density at radius 1 is 1.42 bits per heavy atom. The summed E-state index contributed by atoms with van der Waals surface area (Å²) in [6.45, 7) is 1.94. The Kier molecular flexibility index (Phi) is 4.30. The van der Waals surface area contributed by atoms with Crippen LogP contribution in [0.2, 0.25) is 5.02 Å². The average molecular weight is 309 g/mol. The molecule has 2 rings (SSSR count). The Balaban J connectivity index is 2.30. The Labute approximate surface area is 118 Å². The molecule has 0 radical (unpaired) electrons. The molecule has 1 aliphatic heterocycles. The number of anilines is 1. The summed E-state index contributed by atoms with van der Waals surface area (Å²) in [6.07, 6.45) is -3.51. The monoisotopic (exact) mass is 308 g/mol. The number of aliphatic imine (C=N–C) groups is 1. The number of rotatable bonds is 1. The third kappa shape index (κ3) is 3.79. The van der Waals surface area contributed by atoms with Crippen LogP contribution in [0.1, 0.15) is 18.9 Å². The molecule has 1 aromatic carbocycles. The average Bonchev–Trinajstić information content (AvgIpc) is 2.30. The molecular formula is C12H12ClF3N2S. The quantitative estimate of drug-likeness (QED) is 0.816. The van der Waals surface area contributed by atoms with E-state index < -0.39 is 11.7 Å². The lowest BCUT2D eigenvalue weighted by atomic mass is 10.1. The van der Waals surface area contributed by atoms with Gasteiger partial charge in [0.2, 0.25) is 0 Å². The highest BCUT2D eigenvalue weighted by Gasteiger charge is 2.34. The molecule has 2 nitrogen and oxygen atoms in total. The van der Waals surface area contributed by atoms with Crippen molar-refractivity contribution < 1.29 is 13.2 Å². The van der Waals surface area contributed by atoms with Gasteiger partial charge in [0, 0.05) is 10.8 Å². The van der Waals surface area contributed by atoms with Gasteiger partial charge in [-0.1, -0.05) is 23.4 Å². The summed E-state index contributed by atoms with van der Waals surface area (Å²) < 4.78 is 38.7. The number of amidine groups is 1. The van der Waals surface area contributed by atoms with Gasteiger partial charge in [-0.3, -0.25) is 4.99 Å². The first kappa shape index (κ1) is 14.5. The lowest BCUT2D eigenvalue weighted by Crippen LogP contribution is -2.20. The zero-order valence-corrected chi connectivity index (χ0v) is 11.7. The molecule has 19 heavy (non-hydrogen) atoms. The van der Waals surface area contributed by atoms with E-state index in [0.29, 0.717) is 5.17 Å². The largest absolute Gasteiger partial charge is 0.418 e. The normalized spacial score (nSPS) is 20.1. The second-order valence-corrected chi connectivity index (χ2v) is 5.75. The van der Waals surface area contributed by atoms with E-state index in [1.54, 1.807) is 0 Å². The zero-order valence-electron chi connectivity index (χ0n) is 10.1. The van der Waals surface area contributed by atoms with E-state index in [2.05, 4.69) is 10.3 Å². The van der Waals surface area contributed by atoms with Crippen LogP contribution in [0, 0.1) is 0 Å². The molecule has 0 bridgehead atoms. The molecule has 0 aromatic heterocycles. The second-order valence-electron chi connectivity index (χ2n) is 4.23. The minimum absolute atomic E-state index is 0.0164. The highest BCUT2D eigenvalue weighted by atomic mass is 35.5. The van der Waals surface area contributed by atoms with Crippen LogP contribution in [0.15, 0.2) is 23.2 Å². The first-order valence-electron chi connectivity index (χ1n) is 5.70. The second kappa shape index (κ2) is 5.63. The summed E-state index contributed by atoms with van der Waals surface area (Å²) >= 11 is 7.05. The number of alkyl halides is 3. The molecule has 1 atom stereocenters. The van der Waals surface area contributed by atoms with Gasteiger partial charge in [0.05, 0.1) is 17.3 Å². The Morgan fingerprint density at radius 3 is 2.79 bits per heavy atom. The molecule has 0 fully saturated rings. The number of hydrogen-bond acceptors (Lipinski definition) is 3. The van der Waals surface area contributed by atoms with E-state index in [0.717, 1.165) is 18.2 Å². The van der Waals surface area contributed by atoms with Gasteiger partial charge in [-0.05, 0) is 31.5 Å². The Hall–Kier alpha value is -0.880. The highest BCUT2D eigenvalue weighted by molar-refractivity contribution is 8.14. The molecular weight excluding hydrogens is 297 g/mol. The highest BCUT2D eigenvalue weighted by Crippen LogP contribution is 2.37. The number of nitrogens with one attached hydrogen (secondary N) is 1. The van der Waals surface area contributed by atoms with Gasteiger partial charge in [0.15, 0.2) is 5.17 Å². The molecule has 1 heterocycles. The van der Waals surface area contributed by atoms with Crippen LogP contribution in [0.25, 0.3) is 0 Å². The van der Waals surface area contributed by atoms with Gasteiger partial charge in [0.25, 0.3) is 0 Å². The van der Waals surface area contributed by atoms with Crippen molar-refractivity contribution in [2.24, 2.45) is 4.99 Å². The smallest absolute Gasteiger partial charge is 0.334 e. The maximum absolute atomic E-state index is 12.9. The van der Waals surface area contributed by atoms with Crippen molar-refractivity contribution in [3.63, 3.8) is 0 Å². The predicted octanol–water partition coefficient (Wildman–Crippen LogP) is 4.65. The first-order valence-corrected chi connectivity index (χ1v) is 7.07. The van der Waals surface area contributed by atoms with Gasteiger partial charge in [-0.15, -0.1) is 0 Å². The maximum atomic E-state index is 12.9. The number of halogens is 4. The van der Waals surface area contributed by atoms with Gasteiger partial charge >= 0.3 is 6.18 Å². The molecule has 0 saturated heterocycles. The van der Waals surface area contributed by atoms with Gasteiger partial charge in [0.1, 0.15) is 0 Å². The van der Waals surface area contributed by atoms with Gasteiger partial charge < -0.3 is 5.32 Å². The topological polar surface area (TPSA) is 24.4 Å². The molecule has 0 saturated carbocycles. The number of nitrogens with zero attached hydrogens (tertiary/aromatic N) is 1. The molecule has 1 aliphatic rings. The molecule has 7 heteroatoms. The Morgan fingerprint density at radius 2 is 2.16 bits per heavy atom. The Bertz CT molecular complexity index is 502. The van der Waals surface area contributed by atoms with Gasteiger partial charge in [-0.2, -0.15) is 13.2 Å². The lowest BCUT2D eigenvalue weighted by molar-refractivity contribution is -0.136. The van der Waals surface area contributed by atoms with Crippen molar-refractivity contribution in [3.8, 4) is 0 Å². The van der Waals surface area contributed by atoms with Gasteiger partial charge in [-0.25, -0.2) is 0 Å². The van der Waals surface area contributed by atoms with Crippen molar-refractivity contribution in [1.29, 1.82) is 0 Å². The molecule has 0 aliphatic carbocycles. The molecule has 1 N–H and O–H groups in total. The fourth-order valence-electron chi connectivity index (χ4n) is 1.67. The molecule has 104 valence electrons.